The number of halogens is 1. The normalized spacial score (nSPS) is 22.0. The molecule has 8 heteroatoms. The maximum atomic E-state index is 11.5. The van der Waals surface area contributed by atoms with Crippen LogP contribution in [-0.2, 0) is 4.79 Å². The van der Waals surface area contributed by atoms with Crippen LogP contribution in [0.25, 0.3) is 11.2 Å². The van der Waals surface area contributed by atoms with Gasteiger partial charge in [0.05, 0.1) is 11.6 Å². The monoisotopic (exact) mass is 353 g/mol. The van der Waals surface area contributed by atoms with Crippen molar-refractivity contribution in [3.63, 3.8) is 0 Å². The molecule has 1 aliphatic rings. The van der Waals surface area contributed by atoms with Crippen molar-refractivity contribution in [1.82, 2.24) is 20.3 Å². The number of H-pyrrole nitrogens is 1. The lowest BCUT2D eigenvalue weighted by atomic mass is 10.0. The lowest BCUT2D eigenvalue weighted by Crippen LogP contribution is -2.27. The zero-order valence-electron chi connectivity index (χ0n) is 11.5. The Kier molecular flexibility index (Phi) is 3.81. The van der Waals surface area contributed by atoms with Gasteiger partial charge in [-0.3, -0.25) is 4.79 Å². The number of aromatic amines is 1. The summed E-state index contributed by atoms with van der Waals surface area (Å²) in [5, 5.41) is 12.7. The van der Waals surface area contributed by atoms with Crippen LogP contribution >= 0.6 is 15.9 Å². The number of aliphatic hydroxyl groups is 1. The Hall–Kier alpha value is -1.67. The van der Waals surface area contributed by atoms with Crippen molar-refractivity contribution in [3.8, 4) is 0 Å². The van der Waals surface area contributed by atoms with Gasteiger partial charge >= 0.3 is 0 Å². The Morgan fingerprint density at radius 3 is 3.19 bits per heavy atom. The van der Waals surface area contributed by atoms with Crippen molar-refractivity contribution in [2.45, 2.75) is 12.5 Å². The zero-order valence-corrected chi connectivity index (χ0v) is 13.1. The van der Waals surface area contributed by atoms with E-state index in [2.05, 4.69) is 36.2 Å². The highest BCUT2D eigenvalue weighted by atomic mass is 79.9. The molecule has 1 saturated heterocycles. The maximum absolute atomic E-state index is 11.5. The largest absolute Gasteiger partial charge is 0.391 e. The van der Waals surface area contributed by atoms with Gasteiger partial charge in [-0.1, -0.05) is 0 Å². The number of hydrogen-bond donors (Lipinski definition) is 3. The number of carbonyl (C=O) groups excluding carboxylic acids is 1. The smallest absolute Gasteiger partial charge is 0.220 e. The first-order valence-electron chi connectivity index (χ1n) is 6.71. The molecule has 0 aliphatic carbocycles. The lowest BCUT2D eigenvalue weighted by molar-refractivity contribution is -0.122. The van der Waals surface area contributed by atoms with Crippen LogP contribution in [0.4, 0.5) is 5.95 Å². The van der Waals surface area contributed by atoms with Crippen molar-refractivity contribution >= 4 is 38.9 Å². The number of rotatable bonds is 3. The van der Waals surface area contributed by atoms with Gasteiger partial charge in [0.2, 0.25) is 11.9 Å². The van der Waals surface area contributed by atoms with Gasteiger partial charge in [0.1, 0.15) is 0 Å². The number of pyridine rings is 1. The Balaban J connectivity index is 1.78. The summed E-state index contributed by atoms with van der Waals surface area (Å²) in [6.45, 7) is 1.05. The summed E-state index contributed by atoms with van der Waals surface area (Å²) in [5.41, 5.74) is 1.47. The van der Waals surface area contributed by atoms with Crippen LogP contribution in [0.3, 0.4) is 0 Å². The van der Waals surface area contributed by atoms with Gasteiger partial charge in [-0.05, 0) is 22.0 Å². The van der Waals surface area contributed by atoms with Crippen LogP contribution in [0, 0.1) is 5.92 Å². The number of hydrogen-bond acceptors (Lipinski definition) is 5. The van der Waals surface area contributed by atoms with E-state index in [1.165, 1.54) is 0 Å². The molecular formula is C13H16BrN5O2. The number of amides is 1. The molecule has 0 unspecified atom stereocenters. The van der Waals surface area contributed by atoms with E-state index in [0.717, 1.165) is 9.99 Å². The third kappa shape index (κ3) is 2.86. The first-order valence-corrected chi connectivity index (χ1v) is 7.51. The SMILES string of the molecule is CNC(=O)C[C@@H]1CN(c2nc3ncc(Br)cc3[nH]2)C[C@H]1O. The van der Waals surface area contributed by atoms with Gasteiger partial charge in [-0.15, -0.1) is 0 Å². The molecule has 2 aromatic heterocycles. The Labute approximate surface area is 129 Å². The number of nitrogens with one attached hydrogen (secondary N) is 2. The molecule has 3 rings (SSSR count). The predicted octanol–water partition coefficient (Wildman–Crippen LogP) is 0.654. The van der Waals surface area contributed by atoms with Crippen LogP contribution in [0.15, 0.2) is 16.7 Å². The molecule has 21 heavy (non-hydrogen) atoms. The summed E-state index contributed by atoms with van der Waals surface area (Å²) in [6.07, 6.45) is 1.48. The maximum Gasteiger partial charge on any atom is 0.220 e. The standard InChI is InChI=1S/C13H16BrN5O2/c1-15-11(21)2-7-5-19(6-10(7)20)13-17-9-3-8(14)4-16-12(9)18-13/h3-4,7,10,20H,2,5-6H2,1H3,(H,15,21)(H,16,17,18)/t7-,10-/m1/s1. The lowest BCUT2D eigenvalue weighted by Gasteiger charge is -2.14. The van der Waals surface area contributed by atoms with E-state index in [9.17, 15) is 9.90 Å². The minimum atomic E-state index is -0.532. The van der Waals surface area contributed by atoms with E-state index in [4.69, 9.17) is 0 Å². The molecule has 112 valence electrons. The van der Waals surface area contributed by atoms with Crippen LogP contribution in [0.5, 0.6) is 0 Å². The summed E-state index contributed by atoms with van der Waals surface area (Å²) in [6, 6.07) is 1.91. The van der Waals surface area contributed by atoms with Crippen LogP contribution < -0.4 is 10.2 Å². The van der Waals surface area contributed by atoms with Crippen LogP contribution in [0.2, 0.25) is 0 Å². The number of nitrogens with zero attached hydrogens (tertiary/aromatic N) is 3. The van der Waals surface area contributed by atoms with Crippen molar-refractivity contribution in [2.75, 3.05) is 25.0 Å². The first kappa shape index (κ1) is 14.3. The van der Waals surface area contributed by atoms with E-state index in [1.807, 2.05) is 11.0 Å². The molecule has 2 atom stereocenters. The minimum absolute atomic E-state index is 0.0592. The highest BCUT2D eigenvalue weighted by molar-refractivity contribution is 9.10. The third-order valence-corrected chi connectivity index (χ3v) is 4.16. The van der Waals surface area contributed by atoms with Gasteiger partial charge in [-0.2, -0.15) is 4.98 Å². The van der Waals surface area contributed by atoms with Crippen molar-refractivity contribution in [1.29, 1.82) is 0 Å². The summed E-state index contributed by atoms with van der Waals surface area (Å²) < 4.78 is 0.879. The highest BCUT2D eigenvalue weighted by Gasteiger charge is 2.34. The summed E-state index contributed by atoms with van der Waals surface area (Å²) in [5.74, 6) is 0.531. The third-order valence-electron chi connectivity index (χ3n) is 3.72. The van der Waals surface area contributed by atoms with E-state index >= 15 is 0 Å². The summed E-state index contributed by atoms with van der Waals surface area (Å²) in [7, 11) is 1.60. The minimum Gasteiger partial charge on any atom is -0.391 e. The fraction of sp³-hybridized carbons (Fsp3) is 0.462. The van der Waals surface area contributed by atoms with Crippen molar-refractivity contribution in [2.24, 2.45) is 5.92 Å². The summed E-state index contributed by atoms with van der Waals surface area (Å²) >= 11 is 3.37. The molecule has 1 aliphatic heterocycles. The second-order valence-electron chi connectivity index (χ2n) is 5.19. The number of aliphatic hydroxyl groups excluding tert-OH is 1. The Morgan fingerprint density at radius 1 is 1.62 bits per heavy atom. The number of carbonyl (C=O) groups is 1. The van der Waals surface area contributed by atoms with Gasteiger partial charge in [0.15, 0.2) is 5.65 Å². The molecule has 0 saturated carbocycles. The number of anilines is 1. The van der Waals surface area contributed by atoms with Crippen molar-refractivity contribution < 1.29 is 9.90 Å². The second kappa shape index (κ2) is 5.61. The van der Waals surface area contributed by atoms with Crippen LogP contribution in [0.1, 0.15) is 6.42 Å². The molecule has 1 fully saturated rings. The molecule has 0 bridgehead atoms. The topological polar surface area (TPSA) is 94.1 Å². The average molecular weight is 354 g/mol. The van der Waals surface area contributed by atoms with Crippen molar-refractivity contribution in [3.05, 3.63) is 16.7 Å². The van der Waals surface area contributed by atoms with E-state index in [1.54, 1.807) is 13.2 Å². The van der Waals surface area contributed by atoms with Gasteiger partial charge < -0.3 is 20.3 Å². The molecule has 3 heterocycles. The quantitative estimate of drug-likeness (QED) is 0.753. The van der Waals surface area contributed by atoms with E-state index in [-0.39, 0.29) is 11.8 Å². The molecule has 2 aromatic rings. The molecule has 0 spiro atoms. The second-order valence-corrected chi connectivity index (χ2v) is 6.11. The Bertz CT molecular complexity index is 674. The summed E-state index contributed by atoms with van der Waals surface area (Å²) in [4.78, 5) is 25.3. The number of β-amino-alcohol motifs (C(OH)–C–C–N with tert-alkyl or cyclic N) is 1. The molecule has 7 nitrogen and oxygen atoms in total. The average Bonchev–Trinajstić information content (AvgIpc) is 3.02. The highest BCUT2D eigenvalue weighted by Crippen LogP contribution is 2.26. The molecule has 3 N–H and O–H groups in total. The predicted molar refractivity (Wildman–Crippen MR) is 82.0 cm³/mol. The molecule has 0 radical (unpaired) electrons. The van der Waals surface area contributed by atoms with Crippen LogP contribution in [-0.4, -0.2) is 52.2 Å². The molecular weight excluding hydrogens is 338 g/mol. The van der Waals surface area contributed by atoms with E-state index in [0.29, 0.717) is 31.1 Å². The molecule has 1 amide bonds. The fourth-order valence-corrected chi connectivity index (χ4v) is 2.91. The zero-order chi connectivity index (χ0) is 15.0. The molecule has 0 aromatic carbocycles. The number of imidazole rings is 1. The number of aromatic nitrogens is 3. The van der Waals surface area contributed by atoms with Gasteiger partial charge in [0.25, 0.3) is 0 Å². The van der Waals surface area contributed by atoms with Gasteiger partial charge in [-0.25, -0.2) is 4.98 Å². The number of fused-ring (bicyclic) bond motifs is 1. The first-order chi connectivity index (χ1) is 10.1. The fourth-order valence-electron chi connectivity index (χ4n) is 2.58. The Morgan fingerprint density at radius 2 is 2.43 bits per heavy atom. The van der Waals surface area contributed by atoms with Gasteiger partial charge in [0, 0.05) is 43.1 Å². The van der Waals surface area contributed by atoms with E-state index < -0.39 is 6.10 Å².